The first-order valence-corrected chi connectivity index (χ1v) is 11.0. The van der Waals surface area contributed by atoms with Gasteiger partial charge in [-0.05, 0) is 53.8 Å². The highest BCUT2D eigenvalue weighted by Gasteiger charge is 2.36. The topological polar surface area (TPSA) is 37.3 Å². The van der Waals surface area contributed by atoms with Gasteiger partial charge >= 0.3 is 5.97 Å². The van der Waals surface area contributed by atoms with E-state index in [2.05, 4.69) is 57.2 Å². The number of benzene rings is 2. The largest absolute Gasteiger partial charge is 0.481 e. The molecule has 1 heterocycles. The van der Waals surface area contributed by atoms with Gasteiger partial charge in [0.25, 0.3) is 0 Å². The van der Waals surface area contributed by atoms with Gasteiger partial charge in [0.15, 0.2) is 0 Å². The Balaban J connectivity index is 1.95. The molecule has 148 valence electrons. The SMILES string of the molecule is CCCCc1cccc2cc(CC(C)(C(=O)O)c3ccc(C(C)C)cc3)sc12. The van der Waals surface area contributed by atoms with Gasteiger partial charge in [-0.2, -0.15) is 0 Å². The average Bonchev–Trinajstić information content (AvgIpc) is 3.08. The second-order valence-electron chi connectivity index (χ2n) is 8.24. The zero-order valence-corrected chi connectivity index (χ0v) is 18.1. The minimum atomic E-state index is -0.931. The van der Waals surface area contributed by atoms with Crippen LogP contribution in [0.15, 0.2) is 48.5 Å². The fourth-order valence-corrected chi connectivity index (χ4v) is 5.07. The van der Waals surface area contributed by atoms with Crippen molar-refractivity contribution in [2.24, 2.45) is 0 Å². The molecule has 3 heteroatoms. The maximum atomic E-state index is 12.3. The van der Waals surface area contributed by atoms with Crippen LogP contribution in [0.2, 0.25) is 0 Å². The van der Waals surface area contributed by atoms with Gasteiger partial charge in [0.2, 0.25) is 0 Å². The second-order valence-corrected chi connectivity index (χ2v) is 9.38. The number of hydrogen-bond acceptors (Lipinski definition) is 2. The molecule has 0 saturated carbocycles. The summed E-state index contributed by atoms with van der Waals surface area (Å²) < 4.78 is 1.31. The molecule has 0 saturated heterocycles. The molecule has 1 N–H and O–H groups in total. The summed E-state index contributed by atoms with van der Waals surface area (Å²) in [7, 11) is 0. The molecule has 0 spiro atoms. The lowest BCUT2D eigenvalue weighted by atomic mass is 9.78. The molecule has 1 aromatic heterocycles. The molecule has 1 unspecified atom stereocenters. The molecule has 2 aromatic carbocycles. The van der Waals surface area contributed by atoms with Gasteiger partial charge in [-0.3, -0.25) is 4.79 Å². The summed E-state index contributed by atoms with van der Waals surface area (Å²) in [5.74, 6) is -0.331. The first kappa shape index (κ1) is 20.6. The third-order valence-electron chi connectivity index (χ3n) is 5.69. The highest BCUT2D eigenvalue weighted by atomic mass is 32.1. The van der Waals surface area contributed by atoms with Gasteiger partial charge in [-0.1, -0.05) is 69.7 Å². The molecule has 1 atom stereocenters. The molecule has 0 radical (unpaired) electrons. The molecule has 3 aromatic rings. The number of thiophene rings is 1. The molecule has 0 aliphatic heterocycles. The van der Waals surface area contributed by atoms with Crippen LogP contribution in [0.1, 0.15) is 68.0 Å². The number of aliphatic carboxylic acids is 1. The highest BCUT2D eigenvalue weighted by molar-refractivity contribution is 7.19. The van der Waals surface area contributed by atoms with E-state index >= 15 is 0 Å². The molecule has 3 rings (SSSR count). The first-order chi connectivity index (χ1) is 13.3. The summed E-state index contributed by atoms with van der Waals surface area (Å²) >= 11 is 1.76. The van der Waals surface area contributed by atoms with Crippen LogP contribution in [-0.2, 0) is 23.1 Å². The van der Waals surface area contributed by atoms with Crippen LogP contribution < -0.4 is 0 Å². The lowest BCUT2D eigenvalue weighted by Gasteiger charge is -2.25. The Morgan fingerprint density at radius 2 is 1.86 bits per heavy atom. The fraction of sp³-hybridized carbons (Fsp3) is 0.400. The van der Waals surface area contributed by atoms with Crippen LogP contribution in [0, 0.1) is 0 Å². The Bertz CT molecular complexity index is 952. The van der Waals surface area contributed by atoms with Crippen LogP contribution >= 0.6 is 11.3 Å². The normalized spacial score (nSPS) is 13.8. The zero-order chi connectivity index (χ0) is 20.3. The van der Waals surface area contributed by atoms with Crippen LogP contribution in [0.4, 0.5) is 0 Å². The van der Waals surface area contributed by atoms with E-state index in [4.69, 9.17) is 0 Å². The number of carbonyl (C=O) groups is 1. The summed E-state index contributed by atoms with van der Waals surface area (Å²) in [6.07, 6.45) is 3.95. The lowest BCUT2D eigenvalue weighted by Crippen LogP contribution is -2.34. The third-order valence-corrected chi connectivity index (χ3v) is 6.92. The maximum Gasteiger partial charge on any atom is 0.314 e. The van der Waals surface area contributed by atoms with E-state index < -0.39 is 11.4 Å². The van der Waals surface area contributed by atoms with Crippen molar-refractivity contribution in [2.45, 2.75) is 64.7 Å². The van der Waals surface area contributed by atoms with Gasteiger partial charge in [0, 0.05) is 16.0 Å². The van der Waals surface area contributed by atoms with Crippen molar-refractivity contribution in [1.29, 1.82) is 0 Å². The van der Waals surface area contributed by atoms with E-state index in [1.54, 1.807) is 11.3 Å². The molecule has 28 heavy (non-hydrogen) atoms. The Kier molecular flexibility index (Phi) is 6.24. The van der Waals surface area contributed by atoms with Crippen LogP contribution in [-0.4, -0.2) is 11.1 Å². The number of rotatable bonds is 8. The van der Waals surface area contributed by atoms with Gasteiger partial charge in [-0.25, -0.2) is 0 Å². The van der Waals surface area contributed by atoms with Gasteiger partial charge in [0.1, 0.15) is 0 Å². The van der Waals surface area contributed by atoms with E-state index in [1.807, 2.05) is 19.1 Å². The Morgan fingerprint density at radius 1 is 1.14 bits per heavy atom. The first-order valence-electron chi connectivity index (χ1n) is 10.2. The fourth-order valence-electron chi connectivity index (χ4n) is 3.71. The molecule has 0 fully saturated rings. The standard InChI is InChI=1S/C25H30O2S/c1-5-6-8-19-9-7-10-20-15-22(28-23(19)20)16-25(4,24(26)27)21-13-11-18(12-14-21)17(2)3/h7,9-15,17H,5-6,8,16H2,1-4H3,(H,26,27). The Hall–Kier alpha value is -2.13. The number of carboxylic acid groups (broad SMARTS) is 1. The summed E-state index contributed by atoms with van der Waals surface area (Å²) in [5, 5.41) is 11.3. The van der Waals surface area contributed by atoms with E-state index in [1.165, 1.54) is 34.1 Å². The lowest BCUT2D eigenvalue weighted by molar-refractivity contribution is -0.143. The van der Waals surface area contributed by atoms with Crippen molar-refractivity contribution in [3.05, 3.63) is 70.1 Å². The van der Waals surface area contributed by atoms with Gasteiger partial charge in [0.05, 0.1) is 5.41 Å². The van der Waals surface area contributed by atoms with Crippen molar-refractivity contribution >= 4 is 27.4 Å². The quantitative estimate of drug-likeness (QED) is 0.449. The number of unbranched alkanes of at least 4 members (excludes halogenated alkanes) is 1. The Labute approximate surface area is 172 Å². The summed E-state index contributed by atoms with van der Waals surface area (Å²) in [5.41, 5.74) is 2.56. The monoisotopic (exact) mass is 394 g/mol. The molecular weight excluding hydrogens is 364 g/mol. The molecule has 0 bridgehead atoms. The minimum absolute atomic E-state index is 0.439. The smallest absolute Gasteiger partial charge is 0.314 e. The van der Waals surface area contributed by atoms with Crippen molar-refractivity contribution < 1.29 is 9.90 Å². The summed E-state index contributed by atoms with van der Waals surface area (Å²) in [6, 6.07) is 16.8. The number of carboxylic acids is 1. The number of hydrogen-bond donors (Lipinski definition) is 1. The van der Waals surface area contributed by atoms with E-state index in [0.717, 1.165) is 16.9 Å². The molecule has 2 nitrogen and oxygen atoms in total. The van der Waals surface area contributed by atoms with Crippen molar-refractivity contribution in [1.82, 2.24) is 0 Å². The van der Waals surface area contributed by atoms with Crippen molar-refractivity contribution in [3.8, 4) is 0 Å². The average molecular weight is 395 g/mol. The molecule has 0 aliphatic carbocycles. The second kappa shape index (κ2) is 8.48. The zero-order valence-electron chi connectivity index (χ0n) is 17.3. The van der Waals surface area contributed by atoms with Crippen molar-refractivity contribution in [3.63, 3.8) is 0 Å². The van der Waals surface area contributed by atoms with E-state index in [9.17, 15) is 9.90 Å². The Morgan fingerprint density at radius 3 is 2.46 bits per heavy atom. The van der Waals surface area contributed by atoms with Gasteiger partial charge in [-0.15, -0.1) is 11.3 Å². The number of aryl methyl sites for hydroxylation is 1. The molecular formula is C25H30O2S. The number of fused-ring (bicyclic) bond motifs is 1. The van der Waals surface area contributed by atoms with Crippen LogP contribution in [0.5, 0.6) is 0 Å². The molecule has 0 amide bonds. The predicted molar refractivity (Wildman–Crippen MR) is 120 cm³/mol. The summed E-state index contributed by atoms with van der Waals surface area (Å²) in [6.45, 7) is 8.36. The summed E-state index contributed by atoms with van der Waals surface area (Å²) in [4.78, 5) is 13.4. The van der Waals surface area contributed by atoms with E-state index in [0.29, 0.717) is 12.3 Å². The van der Waals surface area contributed by atoms with Crippen LogP contribution in [0.3, 0.4) is 0 Å². The maximum absolute atomic E-state index is 12.3. The minimum Gasteiger partial charge on any atom is -0.481 e. The van der Waals surface area contributed by atoms with Crippen LogP contribution in [0.25, 0.3) is 10.1 Å². The van der Waals surface area contributed by atoms with E-state index in [-0.39, 0.29) is 0 Å². The van der Waals surface area contributed by atoms with Crippen molar-refractivity contribution in [2.75, 3.05) is 0 Å². The molecule has 0 aliphatic rings. The third kappa shape index (κ3) is 4.15. The predicted octanol–water partition coefficient (Wildman–Crippen LogP) is 6.95. The van der Waals surface area contributed by atoms with Gasteiger partial charge < -0.3 is 5.11 Å². The highest BCUT2D eigenvalue weighted by Crippen LogP contribution is 2.36.